The standard InChI is InChI=1S/C11H13F2NO2/c1-11(12,13)8-4-2-7(3-5-8)9(6-14)10(15)16/h2-5,9H,6,14H2,1H3,(H,15,16). The molecule has 88 valence electrons. The predicted octanol–water partition coefficient (Wildman–Crippen LogP) is 1.93. The van der Waals surface area contributed by atoms with Gasteiger partial charge in [-0.1, -0.05) is 24.3 Å². The molecule has 1 unspecified atom stereocenters. The van der Waals surface area contributed by atoms with Gasteiger partial charge in [0, 0.05) is 19.0 Å². The molecule has 3 N–H and O–H groups in total. The van der Waals surface area contributed by atoms with Crippen molar-refractivity contribution < 1.29 is 18.7 Å². The second-order valence-electron chi connectivity index (χ2n) is 3.64. The number of nitrogens with two attached hydrogens (primary N) is 1. The van der Waals surface area contributed by atoms with E-state index in [9.17, 15) is 13.6 Å². The first-order valence-corrected chi connectivity index (χ1v) is 4.77. The molecule has 1 rings (SSSR count). The summed E-state index contributed by atoms with van der Waals surface area (Å²) in [6.45, 7) is 0.733. The number of carboxylic acid groups (broad SMARTS) is 1. The van der Waals surface area contributed by atoms with E-state index in [0.717, 1.165) is 6.92 Å². The Bertz CT molecular complexity index is 371. The lowest BCUT2D eigenvalue weighted by Crippen LogP contribution is -2.21. The minimum absolute atomic E-state index is 0.0583. The van der Waals surface area contributed by atoms with E-state index in [1.807, 2.05) is 0 Å². The molecule has 0 aliphatic rings. The van der Waals surface area contributed by atoms with Gasteiger partial charge in [0.1, 0.15) is 0 Å². The molecule has 0 aromatic heterocycles. The highest BCUT2D eigenvalue weighted by atomic mass is 19.3. The van der Waals surface area contributed by atoms with Crippen molar-refractivity contribution in [1.29, 1.82) is 0 Å². The van der Waals surface area contributed by atoms with Crippen LogP contribution in [0.1, 0.15) is 24.0 Å². The third kappa shape index (κ3) is 2.76. The summed E-state index contributed by atoms with van der Waals surface area (Å²) in [4.78, 5) is 10.8. The highest BCUT2D eigenvalue weighted by Crippen LogP contribution is 2.28. The molecule has 0 heterocycles. The number of alkyl halides is 2. The van der Waals surface area contributed by atoms with E-state index >= 15 is 0 Å². The lowest BCUT2D eigenvalue weighted by Gasteiger charge is -2.13. The Morgan fingerprint density at radius 1 is 1.44 bits per heavy atom. The smallest absolute Gasteiger partial charge is 0.312 e. The molecule has 0 saturated carbocycles. The van der Waals surface area contributed by atoms with E-state index in [2.05, 4.69) is 0 Å². The zero-order chi connectivity index (χ0) is 12.3. The van der Waals surface area contributed by atoms with Crippen LogP contribution in [0, 0.1) is 0 Å². The van der Waals surface area contributed by atoms with Crippen molar-refractivity contribution in [1.82, 2.24) is 0 Å². The zero-order valence-electron chi connectivity index (χ0n) is 8.78. The average molecular weight is 229 g/mol. The van der Waals surface area contributed by atoms with Gasteiger partial charge in [-0.25, -0.2) is 8.78 Å². The van der Waals surface area contributed by atoms with E-state index < -0.39 is 17.8 Å². The van der Waals surface area contributed by atoms with E-state index in [0.29, 0.717) is 5.56 Å². The summed E-state index contributed by atoms with van der Waals surface area (Å²) in [7, 11) is 0. The van der Waals surface area contributed by atoms with Gasteiger partial charge in [-0.2, -0.15) is 0 Å². The SMILES string of the molecule is CC(F)(F)c1ccc(C(CN)C(=O)O)cc1. The van der Waals surface area contributed by atoms with Crippen LogP contribution in [0.5, 0.6) is 0 Å². The van der Waals surface area contributed by atoms with E-state index in [4.69, 9.17) is 10.8 Å². The van der Waals surface area contributed by atoms with Crippen LogP contribution in [-0.2, 0) is 10.7 Å². The second-order valence-corrected chi connectivity index (χ2v) is 3.64. The van der Waals surface area contributed by atoms with E-state index in [-0.39, 0.29) is 12.1 Å². The number of aliphatic carboxylic acids is 1. The molecular weight excluding hydrogens is 216 g/mol. The number of hydrogen-bond acceptors (Lipinski definition) is 2. The Labute approximate surface area is 91.9 Å². The number of carbonyl (C=O) groups is 1. The molecule has 0 aliphatic carbocycles. The topological polar surface area (TPSA) is 63.3 Å². The molecule has 0 amide bonds. The maximum absolute atomic E-state index is 12.9. The molecule has 3 nitrogen and oxygen atoms in total. The molecular formula is C11H13F2NO2. The number of halogens is 2. The van der Waals surface area contributed by atoms with Crippen molar-refractivity contribution in [3.8, 4) is 0 Å². The van der Waals surface area contributed by atoms with Crippen LogP contribution >= 0.6 is 0 Å². The van der Waals surface area contributed by atoms with Crippen molar-refractivity contribution in [3.63, 3.8) is 0 Å². The molecule has 0 saturated heterocycles. The molecule has 16 heavy (non-hydrogen) atoms. The Morgan fingerprint density at radius 3 is 2.25 bits per heavy atom. The summed E-state index contributed by atoms with van der Waals surface area (Å²) in [6, 6.07) is 5.19. The van der Waals surface area contributed by atoms with Gasteiger partial charge in [0.2, 0.25) is 0 Å². The number of rotatable bonds is 4. The molecule has 0 radical (unpaired) electrons. The summed E-state index contributed by atoms with van der Waals surface area (Å²) < 4.78 is 25.8. The van der Waals surface area contributed by atoms with E-state index in [1.54, 1.807) is 0 Å². The van der Waals surface area contributed by atoms with Gasteiger partial charge in [0.05, 0.1) is 5.92 Å². The monoisotopic (exact) mass is 229 g/mol. The minimum atomic E-state index is -2.92. The Morgan fingerprint density at radius 2 is 1.94 bits per heavy atom. The normalized spacial score (nSPS) is 13.5. The van der Waals surface area contributed by atoms with Crippen LogP contribution < -0.4 is 5.73 Å². The van der Waals surface area contributed by atoms with Crippen molar-refractivity contribution in [2.45, 2.75) is 18.8 Å². The molecule has 1 atom stereocenters. The fraction of sp³-hybridized carbons (Fsp3) is 0.364. The number of benzene rings is 1. The Balaban J connectivity index is 2.98. The first-order chi connectivity index (χ1) is 7.36. The van der Waals surface area contributed by atoms with Crippen molar-refractivity contribution >= 4 is 5.97 Å². The third-order valence-corrected chi connectivity index (χ3v) is 2.35. The summed E-state index contributed by atoms with van der Waals surface area (Å²) >= 11 is 0. The van der Waals surface area contributed by atoms with Gasteiger partial charge in [0.25, 0.3) is 5.92 Å². The molecule has 5 heteroatoms. The molecule has 0 bridgehead atoms. The second kappa shape index (κ2) is 4.57. The molecule has 1 aromatic rings. The molecule has 0 spiro atoms. The highest BCUT2D eigenvalue weighted by Gasteiger charge is 2.25. The van der Waals surface area contributed by atoms with Gasteiger partial charge in [-0.05, 0) is 5.56 Å². The summed E-state index contributed by atoms with van der Waals surface area (Å²) in [5.41, 5.74) is 5.59. The number of hydrogen-bond donors (Lipinski definition) is 2. The van der Waals surface area contributed by atoms with Crippen LogP contribution in [0.3, 0.4) is 0 Å². The lowest BCUT2D eigenvalue weighted by atomic mass is 9.97. The van der Waals surface area contributed by atoms with Gasteiger partial charge in [-0.3, -0.25) is 4.79 Å². The van der Waals surface area contributed by atoms with Crippen LogP contribution in [-0.4, -0.2) is 17.6 Å². The van der Waals surface area contributed by atoms with Gasteiger partial charge >= 0.3 is 5.97 Å². The summed E-state index contributed by atoms with van der Waals surface area (Å²) in [5.74, 6) is -4.82. The minimum Gasteiger partial charge on any atom is -0.481 e. The number of carboxylic acids is 1. The Kier molecular flexibility index (Phi) is 3.59. The van der Waals surface area contributed by atoms with Crippen LogP contribution in [0.2, 0.25) is 0 Å². The first kappa shape index (κ1) is 12.6. The zero-order valence-corrected chi connectivity index (χ0v) is 8.78. The predicted molar refractivity (Wildman–Crippen MR) is 55.4 cm³/mol. The van der Waals surface area contributed by atoms with Gasteiger partial charge in [0.15, 0.2) is 0 Å². The Hall–Kier alpha value is -1.49. The molecule has 1 aromatic carbocycles. The van der Waals surface area contributed by atoms with Crippen LogP contribution in [0.4, 0.5) is 8.78 Å². The average Bonchev–Trinajstić information content (AvgIpc) is 2.17. The quantitative estimate of drug-likeness (QED) is 0.829. The lowest BCUT2D eigenvalue weighted by molar-refractivity contribution is -0.138. The largest absolute Gasteiger partial charge is 0.481 e. The van der Waals surface area contributed by atoms with Gasteiger partial charge < -0.3 is 10.8 Å². The van der Waals surface area contributed by atoms with Crippen molar-refractivity contribution in [2.24, 2.45) is 5.73 Å². The molecule has 0 fully saturated rings. The van der Waals surface area contributed by atoms with Crippen molar-refractivity contribution in [2.75, 3.05) is 6.54 Å². The third-order valence-electron chi connectivity index (χ3n) is 2.35. The summed E-state index contributed by atoms with van der Waals surface area (Å²) in [5, 5.41) is 8.83. The highest BCUT2D eigenvalue weighted by molar-refractivity contribution is 5.76. The van der Waals surface area contributed by atoms with E-state index in [1.165, 1.54) is 24.3 Å². The fourth-order valence-corrected chi connectivity index (χ4v) is 1.39. The maximum Gasteiger partial charge on any atom is 0.312 e. The van der Waals surface area contributed by atoms with Crippen LogP contribution in [0.25, 0.3) is 0 Å². The van der Waals surface area contributed by atoms with Crippen molar-refractivity contribution in [3.05, 3.63) is 35.4 Å². The molecule has 0 aliphatic heterocycles. The van der Waals surface area contributed by atoms with Gasteiger partial charge in [-0.15, -0.1) is 0 Å². The summed E-state index contributed by atoms with van der Waals surface area (Å²) in [6.07, 6.45) is 0. The van der Waals surface area contributed by atoms with Crippen LogP contribution in [0.15, 0.2) is 24.3 Å². The maximum atomic E-state index is 12.9. The first-order valence-electron chi connectivity index (χ1n) is 4.77. The fourth-order valence-electron chi connectivity index (χ4n) is 1.39.